The minimum absolute atomic E-state index is 0.0184. The van der Waals surface area contributed by atoms with E-state index in [9.17, 15) is 19.8 Å². The minimum atomic E-state index is -0.814. The van der Waals surface area contributed by atoms with Gasteiger partial charge in [0.05, 0.1) is 25.2 Å². The Morgan fingerprint density at radius 2 is 0.952 bits per heavy atom. The summed E-state index contributed by atoms with van der Waals surface area (Å²) in [5.41, 5.74) is 0. The molecular weight excluding hydrogens is 779 g/mol. The highest BCUT2D eigenvalue weighted by Crippen LogP contribution is 2.17. The second-order valence-corrected chi connectivity index (χ2v) is 17.3. The van der Waals surface area contributed by atoms with Crippen molar-refractivity contribution in [2.75, 3.05) is 6.61 Å². The number of amides is 1. The van der Waals surface area contributed by atoms with Crippen molar-refractivity contribution in [3.05, 3.63) is 97.2 Å². The van der Waals surface area contributed by atoms with Gasteiger partial charge in [0.2, 0.25) is 5.91 Å². The van der Waals surface area contributed by atoms with Crippen LogP contribution in [-0.4, -0.2) is 46.9 Å². The summed E-state index contributed by atoms with van der Waals surface area (Å²) in [6, 6.07) is -0.733. The number of carbonyl (C=O) groups is 2. The van der Waals surface area contributed by atoms with Gasteiger partial charge in [-0.05, 0) is 64.2 Å². The number of rotatable bonds is 45. The molecule has 0 aliphatic rings. The molecule has 3 N–H and O–H groups in total. The molecule has 0 aromatic heterocycles. The highest BCUT2D eigenvalue weighted by molar-refractivity contribution is 5.77. The molecule has 6 heteroatoms. The molecule has 1 amide bonds. The van der Waals surface area contributed by atoms with Crippen molar-refractivity contribution in [2.45, 2.75) is 244 Å². The fourth-order valence-corrected chi connectivity index (χ4v) is 7.45. The lowest BCUT2D eigenvalue weighted by atomic mass is 10.0. The Hall–Kier alpha value is -3.22. The Bertz CT molecular complexity index is 1260. The van der Waals surface area contributed by atoms with Crippen LogP contribution in [0, 0.1) is 0 Å². The van der Waals surface area contributed by atoms with Crippen molar-refractivity contribution in [3.8, 4) is 0 Å². The zero-order valence-corrected chi connectivity index (χ0v) is 40.9. The number of allylic oxidation sites excluding steroid dienone is 16. The number of aliphatic hydroxyl groups is 2. The van der Waals surface area contributed by atoms with Crippen molar-refractivity contribution >= 4 is 11.9 Å². The van der Waals surface area contributed by atoms with Crippen LogP contribution in [0.5, 0.6) is 0 Å². The number of hydrogen-bond donors (Lipinski definition) is 3. The lowest BCUT2D eigenvalue weighted by molar-refractivity contribution is -0.151. The molecule has 0 spiro atoms. The summed E-state index contributed by atoms with van der Waals surface area (Å²) in [6.07, 6.45) is 66.1. The van der Waals surface area contributed by atoms with Crippen molar-refractivity contribution in [1.29, 1.82) is 0 Å². The fourth-order valence-electron chi connectivity index (χ4n) is 7.45. The van der Waals surface area contributed by atoms with Gasteiger partial charge >= 0.3 is 5.97 Å². The van der Waals surface area contributed by atoms with Gasteiger partial charge in [0.1, 0.15) is 6.10 Å². The molecule has 3 atom stereocenters. The second-order valence-electron chi connectivity index (χ2n) is 17.3. The molecule has 6 nitrogen and oxygen atoms in total. The topological polar surface area (TPSA) is 95.9 Å². The molecule has 0 heterocycles. The lowest BCUT2D eigenvalue weighted by Crippen LogP contribution is -2.46. The molecule has 0 aromatic carbocycles. The van der Waals surface area contributed by atoms with Crippen LogP contribution < -0.4 is 5.32 Å². The van der Waals surface area contributed by atoms with Crippen LogP contribution >= 0.6 is 0 Å². The third-order valence-electron chi connectivity index (χ3n) is 11.3. The van der Waals surface area contributed by atoms with E-state index in [4.69, 9.17) is 4.74 Å². The summed E-state index contributed by atoms with van der Waals surface area (Å²) >= 11 is 0. The number of esters is 1. The van der Waals surface area contributed by atoms with Gasteiger partial charge in [0.25, 0.3) is 0 Å². The molecule has 3 unspecified atom stereocenters. The quantitative estimate of drug-likeness (QED) is 0.0245. The number of hydrogen-bond acceptors (Lipinski definition) is 5. The molecule has 0 fully saturated rings. The van der Waals surface area contributed by atoms with Crippen LogP contribution in [-0.2, 0) is 14.3 Å². The largest absolute Gasteiger partial charge is 0.462 e. The van der Waals surface area contributed by atoms with Gasteiger partial charge in [0.15, 0.2) is 0 Å². The summed E-state index contributed by atoms with van der Waals surface area (Å²) in [6.45, 7) is 6.21. The molecule has 0 saturated heterocycles. The first kappa shape index (κ1) is 59.8. The van der Waals surface area contributed by atoms with Crippen LogP contribution in [0.25, 0.3) is 0 Å². The zero-order valence-electron chi connectivity index (χ0n) is 40.9. The summed E-state index contributed by atoms with van der Waals surface area (Å²) in [5.74, 6) is -0.564. The maximum Gasteiger partial charge on any atom is 0.306 e. The maximum absolute atomic E-state index is 13.2. The predicted octanol–water partition coefficient (Wildman–Crippen LogP) is 15.7. The van der Waals surface area contributed by atoms with E-state index in [-0.39, 0.29) is 24.9 Å². The first-order chi connectivity index (χ1) is 31.0. The molecule has 0 aliphatic carbocycles. The smallest absolute Gasteiger partial charge is 0.306 e. The van der Waals surface area contributed by atoms with Crippen LogP contribution in [0.4, 0.5) is 0 Å². The van der Waals surface area contributed by atoms with Crippen molar-refractivity contribution in [3.63, 3.8) is 0 Å². The number of carbonyl (C=O) groups excluding carboxylic acids is 2. The molecule has 0 aromatic rings. The summed E-state index contributed by atoms with van der Waals surface area (Å²) in [7, 11) is 0. The summed E-state index contributed by atoms with van der Waals surface area (Å²) < 4.78 is 5.89. The highest BCUT2D eigenvalue weighted by atomic mass is 16.5. The average Bonchev–Trinajstić information content (AvgIpc) is 3.28. The van der Waals surface area contributed by atoms with Gasteiger partial charge in [-0.15, -0.1) is 0 Å². The minimum Gasteiger partial charge on any atom is -0.462 e. The molecule has 0 saturated carbocycles. The predicted molar refractivity (Wildman–Crippen MR) is 273 cm³/mol. The normalized spacial score (nSPS) is 14.0. The number of ether oxygens (including phenoxy) is 1. The first-order valence-corrected chi connectivity index (χ1v) is 26.0. The maximum atomic E-state index is 13.2. The number of aliphatic hydroxyl groups excluding tert-OH is 2. The van der Waals surface area contributed by atoms with Gasteiger partial charge in [-0.1, -0.05) is 246 Å². The van der Waals surface area contributed by atoms with Crippen molar-refractivity contribution < 1.29 is 24.5 Å². The van der Waals surface area contributed by atoms with Crippen LogP contribution in [0.15, 0.2) is 97.2 Å². The summed E-state index contributed by atoms with van der Waals surface area (Å²) in [5, 5.41) is 23.8. The van der Waals surface area contributed by atoms with Gasteiger partial charge in [-0.25, -0.2) is 0 Å². The first-order valence-electron chi connectivity index (χ1n) is 26.0. The second kappa shape index (κ2) is 49.8. The van der Waals surface area contributed by atoms with E-state index in [0.29, 0.717) is 19.3 Å². The molecule has 0 radical (unpaired) electrons. The van der Waals surface area contributed by atoms with Crippen LogP contribution in [0.2, 0.25) is 0 Å². The van der Waals surface area contributed by atoms with E-state index in [1.807, 2.05) is 60.8 Å². The van der Waals surface area contributed by atoms with E-state index in [1.165, 1.54) is 103 Å². The molecule has 0 aliphatic heterocycles. The monoisotopic (exact) mass is 876 g/mol. The van der Waals surface area contributed by atoms with E-state index in [0.717, 1.165) is 77.0 Å². The fraction of sp³-hybridized carbons (Fsp3) is 0.684. The number of nitrogens with one attached hydrogen (secondary N) is 1. The molecular formula is C57H97NO5. The SMILES string of the molecule is CC\C=C/C=C/C=C/C=C\C=C\C=C\CCCC(CC(=O)NC(CO)C(O)CCCCCCCCCCCCCCCCC)OC(=O)CCCCCCCCC/C=C/C/C=C/CC. The Kier molecular flexibility index (Phi) is 47.2. The highest BCUT2D eigenvalue weighted by Gasteiger charge is 2.24. The average molecular weight is 876 g/mol. The van der Waals surface area contributed by atoms with Crippen LogP contribution in [0.3, 0.4) is 0 Å². The molecule has 0 rings (SSSR count). The lowest BCUT2D eigenvalue weighted by Gasteiger charge is -2.24. The molecule has 63 heavy (non-hydrogen) atoms. The van der Waals surface area contributed by atoms with Crippen molar-refractivity contribution in [2.24, 2.45) is 0 Å². The van der Waals surface area contributed by atoms with Crippen LogP contribution in [0.1, 0.15) is 226 Å². The Balaban J connectivity index is 4.72. The number of unbranched alkanes of at least 4 members (excludes halogenated alkanes) is 22. The third kappa shape index (κ3) is 45.2. The Labute approximate surface area is 388 Å². The third-order valence-corrected chi connectivity index (χ3v) is 11.3. The van der Waals surface area contributed by atoms with Gasteiger partial charge < -0.3 is 20.3 Å². The Morgan fingerprint density at radius 1 is 0.492 bits per heavy atom. The van der Waals surface area contributed by atoms with Gasteiger partial charge in [0, 0.05) is 6.42 Å². The van der Waals surface area contributed by atoms with Gasteiger partial charge in [-0.2, -0.15) is 0 Å². The van der Waals surface area contributed by atoms with Crippen molar-refractivity contribution in [1.82, 2.24) is 5.32 Å². The van der Waals surface area contributed by atoms with Gasteiger partial charge in [-0.3, -0.25) is 9.59 Å². The van der Waals surface area contributed by atoms with E-state index in [1.54, 1.807) is 0 Å². The van der Waals surface area contributed by atoms with E-state index in [2.05, 4.69) is 62.5 Å². The zero-order chi connectivity index (χ0) is 45.9. The molecule has 360 valence electrons. The van der Waals surface area contributed by atoms with E-state index < -0.39 is 18.2 Å². The summed E-state index contributed by atoms with van der Waals surface area (Å²) in [4.78, 5) is 26.1. The standard InChI is InChI=1S/C57H97NO5/c1-4-7-10-13-16-19-22-25-28-30-33-36-39-42-45-48-53(63-57(62)50-47-44-41-38-35-32-27-24-21-18-15-12-9-6-3)51-56(61)58-54(52-59)55(60)49-46-43-40-37-34-31-29-26-23-20-17-14-11-8-5-2/h7,9-10,12-13,16,18-19,21-22,25,28,30,33,36,39,53-55,59-60H,4-6,8,11,14-15,17,20,23-24,26-27,29,31-32,34-35,37-38,40-52H2,1-3H3,(H,58,61)/b10-7-,12-9+,16-13+,21-18+,22-19+,28-25-,33-30+,39-36+. The Morgan fingerprint density at radius 3 is 1.49 bits per heavy atom. The molecule has 0 bridgehead atoms. The van der Waals surface area contributed by atoms with E-state index >= 15 is 0 Å².